The molecule has 0 bridgehead atoms. The van der Waals surface area contributed by atoms with Crippen molar-refractivity contribution in [3.8, 4) is 0 Å². The first kappa shape index (κ1) is 17.9. The van der Waals surface area contributed by atoms with Gasteiger partial charge in [-0.25, -0.2) is 0 Å². The van der Waals surface area contributed by atoms with Gasteiger partial charge < -0.3 is 5.32 Å². The molecule has 0 fully saturated rings. The maximum absolute atomic E-state index is 12.4. The summed E-state index contributed by atoms with van der Waals surface area (Å²) in [6.45, 7) is 1.34. The monoisotopic (exact) mass is 363 g/mol. The molecule has 27 heavy (non-hydrogen) atoms. The summed E-state index contributed by atoms with van der Waals surface area (Å²) in [7, 11) is 0. The molecule has 1 aliphatic carbocycles. The number of imide groups is 1. The Balaban J connectivity index is 1.27. The first-order valence-corrected chi connectivity index (χ1v) is 9.88. The average molecular weight is 363 g/mol. The van der Waals surface area contributed by atoms with E-state index in [2.05, 4.69) is 16.4 Å². The minimum atomic E-state index is -0.162. The van der Waals surface area contributed by atoms with E-state index in [1.54, 1.807) is 24.3 Å². The molecule has 1 atom stereocenters. The Morgan fingerprint density at radius 3 is 2.56 bits per heavy atom. The molecule has 0 saturated heterocycles. The standard InChI is InChI=1S/C22H25N3O2/c26-21-17-10-2-3-11-18(17)22(27)25(21)15-6-5-13-23-19-12-4-1-8-16-9-7-14-24-20(16)19/h2-3,7,9-11,14,19,23H,1,4-6,8,12-13,15H2. The van der Waals surface area contributed by atoms with Crippen LogP contribution in [-0.2, 0) is 6.42 Å². The molecule has 0 radical (unpaired) electrons. The molecule has 5 nitrogen and oxygen atoms in total. The maximum atomic E-state index is 12.4. The second-order valence-electron chi connectivity index (χ2n) is 7.31. The second kappa shape index (κ2) is 8.01. The molecule has 1 aromatic carbocycles. The molecule has 1 unspecified atom stereocenters. The van der Waals surface area contributed by atoms with E-state index in [0.717, 1.165) is 32.2 Å². The Kier molecular flexibility index (Phi) is 5.30. The summed E-state index contributed by atoms with van der Waals surface area (Å²) < 4.78 is 0. The predicted molar refractivity (Wildman–Crippen MR) is 104 cm³/mol. The molecule has 2 aromatic rings. The van der Waals surface area contributed by atoms with Gasteiger partial charge in [0.05, 0.1) is 16.8 Å². The van der Waals surface area contributed by atoms with E-state index in [-0.39, 0.29) is 11.8 Å². The normalized spacial score (nSPS) is 19.0. The first-order valence-electron chi connectivity index (χ1n) is 9.88. The van der Waals surface area contributed by atoms with E-state index in [4.69, 9.17) is 0 Å². The van der Waals surface area contributed by atoms with E-state index >= 15 is 0 Å². The van der Waals surface area contributed by atoms with Gasteiger partial charge in [-0.3, -0.25) is 19.5 Å². The summed E-state index contributed by atoms with van der Waals surface area (Å²) >= 11 is 0. The number of aromatic nitrogens is 1. The van der Waals surface area contributed by atoms with Crippen molar-refractivity contribution in [3.63, 3.8) is 0 Å². The van der Waals surface area contributed by atoms with Crippen molar-refractivity contribution in [1.82, 2.24) is 15.2 Å². The van der Waals surface area contributed by atoms with Gasteiger partial charge in [0.2, 0.25) is 0 Å². The van der Waals surface area contributed by atoms with Crippen LogP contribution < -0.4 is 5.32 Å². The zero-order valence-electron chi connectivity index (χ0n) is 15.5. The number of fused-ring (bicyclic) bond motifs is 2. The van der Waals surface area contributed by atoms with Crippen LogP contribution in [0.3, 0.4) is 0 Å². The lowest BCUT2D eigenvalue weighted by Gasteiger charge is -2.19. The van der Waals surface area contributed by atoms with Crippen molar-refractivity contribution >= 4 is 11.8 Å². The fraction of sp³-hybridized carbons (Fsp3) is 0.409. The molecule has 2 amide bonds. The molecule has 0 saturated carbocycles. The van der Waals surface area contributed by atoms with Crippen LogP contribution in [0.5, 0.6) is 0 Å². The minimum Gasteiger partial charge on any atom is -0.309 e. The Bertz CT molecular complexity index is 814. The highest BCUT2D eigenvalue weighted by Crippen LogP contribution is 2.27. The van der Waals surface area contributed by atoms with Gasteiger partial charge in [0.25, 0.3) is 11.8 Å². The lowest BCUT2D eigenvalue weighted by Crippen LogP contribution is -2.31. The number of carbonyl (C=O) groups is 2. The summed E-state index contributed by atoms with van der Waals surface area (Å²) in [5, 5.41) is 3.63. The molecule has 140 valence electrons. The third-order valence-corrected chi connectivity index (χ3v) is 5.52. The number of hydrogen-bond acceptors (Lipinski definition) is 4. The SMILES string of the molecule is O=C1c2ccccc2C(=O)N1CCCCNC1CCCCc2cccnc21. The van der Waals surface area contributed by atoms with Gasteiger partial charge in [0.1, 0.15) is 0 Å². The lowest BCUT2D eigenvalue weighted by atomic mass is 10.1. The van der Waals surface area contributed by atoms with Crippen LogP contribution in [0.25, 0.3) is 0 Å². The highest BCUT2D eigenvalue weighted by molar-refractivity contribution is 6.21. The van der Waals surface area contributed by atoms with Gasteiger partial charge in [-0.1, -0.05) is 24.6 Å². The largest absolute Gasteiger partial charge is 0.309 e. The Morgan fingerprint density at radius 1 is 1.00 bits per heavy atom. The third kappa shape index (κ3) is 3.65. The van der Waals surface area contributed by atoms with Crippen LogP contribution >= 0.6 is 0 Å². The van der Waals surface area contributed by atoms with Gasteiger partial charge in [-0.2, -0.15) is 0 Å². The lowest BCUT2D eigenvalue weighted by molar-refractivity contribution is 0.0651. The second-order valence-corrected chi connectivity index (χ2v) is 7.31. The van der Waals surface area contributed by atoms with Gasteiger partial charge in [0, 0.05) is 18.8 Å². The Labute approximate surface area is 159 Å². The smallest absolute Gasteiger partial charge is 0.261 e. The van der Waals surface area contributed by atoms with Crippen LogP contribution in [-0.4, -0.2) is 34.8 Å². The first-order chi connectivity index (χ1) is 13.3. The van der Waals surface area contributed by atoms with E-state index in [1.165, 1.54) is 29.0 Å². The van der Waals surface area contributed by atoms with Gasteiger partial charge >= 0.3 is 0 Å². The number of hydrogen-bond donors (Lipinski definition) is 1. The van der Waals surface area contributed by atoms with Gasteiger partial charge in [-0.05, 0) is 62.4 Å². The Morgan fingerprint density at radius 2 is 1.78 bits per heavy atom. The molecular weight excluding hydrogens is 338 g/mol. The average Bonchev–Trinajstić information content (AvgIpc) is 2.85. The highest BCUT2D eigenvalue weighted by Gasteiger charge is 2.34. The van der Waals surface area contributed by atoms with Crippen LogP contribution in [0.2, 0.25) is 0 Å². The maximum Gasteiger partial charge on any atom is 0.261 e. The van der Waals surface area contributed by atoms with E-state index in [1.807, 2.05) is 12.3 Å². The molecule has 4 rings (SSSR count). The van der Waals surface area contributed by atoms with Crippen LogP contribution in [0, 0.1) is 0 Å². The number of aryl methyl sites for hydroxylation is 1. The molecule has 1 aliphatic heterocycles. The van der Waals surface area contributed by atoms with E-state index in [0.29, 0.717) is 23.7 Å². The fourth-order valence-corrected chi connectivity index (χ4v) is 4.09. The van der Waals surface area contributed by atoms with Crippen molar-refractivity contribution < 1.29 is 9.59 Å². The summed E-state index contributed by atoms with van der Waals surface area (Å²) in [6, 6.07) is 11.6. The number of nitrogens with zero attached hydrogens (tertiary/aromatic N) is 2. The number of nitrogens with one attached hydrogen (secondary N) is 1. The fourth-order valence-electron chi connectivity index (χ4n) is 4.09. The minimum absolute atomic E-state index is 0.162. The van der Waals surface area contributed by atoms with Crippen LogP contribution in [0.4, 0.5) is 0 Å². The molecule has 2 aliphatic rings. The summed E-state index contributed by atoms with van der Waals surface area (Å²) in [5.41, 5.74) is 3.61. The van der Waals surface area contributed by atoms with Crippen LogP contribution in [0.1, 0.15) is 70.1 Å². The summed E-state index contributed by atoms with van der Waals surface area (Å²) in [5.74, 6) is -0.323. The summed E-state index contributed by atoms with van der Waals surface area (Å²) in [4.78, 5) is 30.7. The molecule has 1 N–H and O–H groups in total. The topological polar surface area (TPSA) is 62.3 Å². The van der Waals surface area contributed by atoms with Gasteiger partial charge in [-0.15, -0.1) is 0 Å². The molecule has 1 aromatic heterocycles. The zero-order valence-corrected chi connectivity index (χ0v) is 15.5. The van der Waals surface area contributed by atoms with Crippen molar-refractivity contribution in [3.05, 3.63) is 65.0 Å². The number of pyridine rings is 1. The van der Waals surface area contributed by atoms with Crippen LogP contribution in [0.15, 0.2) is 42.6 Å². The van der Waals surface area contributed by atoms with E-state index in [9.17, 15) is 9.59 Å². The predicted octanol–water partition coefficient (Wildman–Crippen LogP) is 3.52. The van der Waals surface area contributed by atoms with Crippen molar-refractivity contribution in [2.75, 3.05) is 13.1 Å². The number of amides is 2. The Hall–Kier alpha value is -2.53. The summed E-state index contributed by atoms with van der Waals surface area (Å²) in [6.07, 6.45) is 8.26. The molecule has 2 heterocycles. The van der Waals surface area contributed by atoms with Crippen molar-refractivity contribution in [2.24, 2.45) is 0 Å². The van der Waals surface area contributed by atoms with Crippen molar-refractivity contribution in [2.45, 2.75) is 44.6 Å². The number of unbranched alkanes of at least 4 members (excludes halogenated alkanes) is 1. The number of carbonyl (C=O) groups excluding carboxylic acids is 2. The molecule has 5 heteroatoms. The van der Waals surface area contributed by atoms with E-state index < -0.39 is 0 Å². The quantitative estimate of drug-likeness (QED) is 0.485. The zero-order chi connectivity index (χ0) is 18.6. The number of benzene rings is 1. The van der Waals surface area contributed by atoms with Crippen molar-refractivity contribution in [1.29, 1.82) is 0 Å². The molecule has 0 spiro atoms. The van der Waals surface area contributed by atoms with Gasteiger partial charge in [0.15, 0.2) is 0 Å². The molecular formula is C22H25N3O2. The third-order valence-electron chi connectivity index (χ3n) is 5.52. The highest BCUT2D eigenvalue weighted by atomic mass is 16.2. The number of rotatable bonds is 6.